The summed E-state index contributed by atoms with van der Waals surface area (Å²) < 4.78 is 36.7. The fourth-order valence-corrected chi connectivity index (χ4v) is 1.26. The third-order valence-corrected chi connectivity index (χ3v) is 1.96. The summed E-state index contributed by atoms with van der Waals surface area (Å²) in [5, 5.41) is 9.47. The van der Waals surface area contributed by atoms with Crippen LogP contribution in [0.3, 0.4) is 0 Å². The molecule has 0 aromatic heterocycles. The molecule has 2 rings (SSSR count). The van der Waals surface area contributed by atoms with E-state index in [1.165, 1.54) is 6.07 Å². The summed E-state index contributed by atoms with van der Waals surface area (Å²) in [5.41, 5.74) is -0.171. The molecule has 1 aliphatic heterocycles. The van der Waals surface area contributed by atoms with Gasteiger partial charge in [0.15, 0.2) is 0 Å². The van der Waals surface area contributed by atoms with Crippen molar-refractivity contribution in [1.29, 1.82) is 0 Å². The molecule has 0 fully saturated rings. The fraction of sp³-hybridized carbons (Fsp3) is 0.250. The van der Waals surface area contributed by atoms with E-state index in [1.807, 2.05) is 0 Å². The summed E-state index contributed by atoms with van der Waals surface area (Å²) in [6.07, 6.45) is -4.36. The number of rotatable bonds is 0. The van der Waals surface area contributed by atoms with Gasteiger partial charge in [0.1, 0.15) is 12.3 Å². The monoisotopic (exact) mass is 205 g/mol. The molecule has 0 spiro atoms. The predicted octanol–water partition coefficient (Wildman–Crippen LogP) is 2.35. The molecule has 0 atom stereocenters. The fourth-order valence-electron chi connectivity index (χ4n) is 1.26. The Morgan fingerprint density at radius 2 is 2.07 bits per heavy atom. The highest BCUT2D eigenvalue weighted by molar-refractivity contribution is 5.53. The van der Waals surface area contributed by atoms with Gasteiger partial charge in [0.05, 0.1) is 5.56 Å². The number of hydrogen-bond donors (Lipinski definition) is 1. The summed E-state index contributed by atoms with van der Waals surface area (Å²) in [5.74, 6) is 0. The molecule has 0 amide bonds. The highest BCUT2D eigenvalue weighted by Crippen LogP contribution is 2.35. The summed E-state index contributed by atoms with van der Waals surface area (Å²) in [6.45, 7) is -0.0459. The van der Waals surface area contributed by atoms with Gasteiger partial charge in [0.25, 0.3) is 0 Å². The Bertz CT molecular complexity index is 364. The van der Waals surface area contributed by atoms with Crippen LogP contribution in [0, 0.1) is 0 Å². The lowest BCUT2D eigenvalue weighted by atomic mass is 10.1. The molecular formula is C8H6F3NO2. The molecule has 0 aliphatic carbocycles. The third kappa shape index (κ3) is 1.42. The van der Waals surface area contributed by atoms with E-state index in [2.05, 4.69) is 4.84 Å². The minimum absolute atomic E-state index is 0.0459. The van der Waals surface area contributed by atoms with Crippen LogP contribution in [0.5, 0.6) is 0 Å². The molecule has 0 saturated heterocycles. The zero-order valence-corrected chi connectivity index (χ0v) is 6.88. The van der Waals surface area contributed by atoms with E-state index in [1.54, 1.807) is 0 Å². The van der Waals surface area contributed by atoms with Crippen molar-refractivity contribution in [3.05, 3.63) is 29.3 Å². The van der Waals surface area contributed by atoms with E-state index in [0.717, 1.165) is 12.1 Å². The maximum Gasteiger partial charge on any atom is 0.416 e. The van der Waals surface area contributed by atoms with Gasteiger partial charge in [-0.15, -0.1) is 5.23 Å². The Hall–Kier alpha value is -1.27. The second-order valence-corrected chi connectivity index (χ2v) is 2.89. The van der Waals surface area contributed by atoms with E-state index in [-0.39, 0.29) is 12.3 Å². The molecule has 1 heterocycles. The normalized spacial score (nSPS) is 15.9. The summed E-state index contributed by atoms with van der Waals surface area (Å²) in [6, 6.07) is 3.04. The number of benzene rings is 1. The molecule has 1 aromatic rings. The first-order valence-corrected chi connectivity index (χ1v) is 3.80. The lowest BCUT2D eigenvalue weighted by Crippen LogP contribution is -2.11. The standard InChI is InChI=1S/C8H6F3NO2/c9-8(10,11)6-1-2-7-5(3-6)4-14-12(7)13/h1-3,13H,4H2. The second kappa shape index (κ2) is 2.86. The van der Waals surface area contributed by atoms with Crippen LogP contribution in [0.4, 0.5) is 18.9 Å². The average molecular weight is 205 g/mol. The number of anilines is 1. The van der Waals surface area contributed by atoms with Crippen LogP contribution in [0.25, 0.3) is 0 Å². The lowest BCUT2D eigenvalue weighted by molar-refractivity contribution is -0.137. The number of halogens is 3. The van der Waals surface area contributed by atoms with Crippen LogP contribution < -0.4 is 5.23 Å². The molecular weight excluding hydrogens is 199 g/mol. The zero-order valence-electron chi connectivity index (χ0n) is 6.88. The van der Waals surface area contributed by atoms with Crippen molar-refractivity contribution in [3.63, 3.8) is 0 Å². The van der Waals surface area contributed by atoms with Gasteiger partial charge < -0.3 is 0 Å². The summed E-state index contributed by atoms with van der Waals surface area (Å²) >= 11 is 0. The van der Waals surface area contributed by atoms with E-state index in [4.69, 9.17) is 5.21 Å². The largest absolute Gasteiger partial charge is 0.416 e. The maximum atomic E-state index is 12.2. The Kier molecular flexibility index (Phi) is 1.90. The van der Waals surface area contributed by atoms with Gasteiger partial charge in [-0.25, -0.2) is 4.84 Å². The van der Waals surface area contributed by atoms with Crippen molar-refractivity contribution in [2.75, 3.05) is 5.23 Å². The van der Waals surface area contributed by atoms with Crippen molar-refractivity contribution in [1.82, 2.24) is 0 Å². The van der Waals surface area contributed by atoms with Crippen molar-refractivity contribution in [2.45, 2.75) is 12.8 Å². The van der Waals surface area contributed by atoms with Crippen LogP contribution in [0.15, 0.2) is 18.2 Å². The molecule has 1 aromatic carbocycles. The van der Waals surface area contributed by atoms with Crippen molar-refractivity contribution in [2.24, 2.45) is 0 Å². The maximum absolute atomic E-state index is 12.2. The number of hydrogen-bond acceptors (Lipinski definition) is 3. The van der Waals surface area contributed by atoms with Gasteiger partial charge in [0, 0.05) is 5.56 Å². The molecule has 1 N–H and O–H groups in total. The molecule has 76 valence electrons. The molecule has 0 unspecified atom stereocenters. The van der Waals surface area contributed by atoms with Crippen LogP contribution in [0.2, 0.25) is 0 Å². The van der Waals surface area contributed by atoms with Crippen LogP contribution >= 0.6 is 0 Å². The SMILES string of the molecule is ON1OCc2cc(C(F)(F)F)ccc21. The van der Waals surface area contributed by atoms with Crippen LogP contribution in [-0.2, 0) is 17.6 Å². The molecule has 1 aliphatic rings. The number of nitrogens with zero attached hydrogens (tertiary/aromatic N) is 1. The van der Waals surface area contributed by atoms with Crippen molar-refractivity contribution < 1.29 is 23.2 Å². The van der Waals surface area contributed by atoms with E-state index >= 15 is 0 Å². The van der Waals surface area contributed by atoms with Gasteiger partial charge >= 0.3 is 6.18 Å². The zero-order chi connectivity index (χ0) is 10.3. The van der Waals surface area contributed by atoms with Gasteiger partial charge in [-0.05, 0) is 18.2 Å². The highest BCUT2D eigenvalue weighted by Gasteiger charge is 2.32. The van der Waals surface area contributed by atoms with Crippen LogP contribution in [0.1, 0.15) is 11.1 Å². The molecule has 0 radical (unpaired) electrons. The molecule has 0 bridgehead atoms. The number of alkyl halides is 3. The summed E-state index contributed by atoms with van der Waals surface area (Å²) in [4.78, 5) is 4.61. The molecule has 14 heavy (non-hydrogen) atoms. The second-order valence-electron chi connectivity index (χ2n) is 2.89. The quantitative estimate of drug-likeness (QED) is 0.705. The topological polar surface area (TPSA) is 32.7 Å². The van der Waals surface area contributed by atoms with Gasteiger partial charge in [-0.3, -0.25) is 5.21 Å². The Morgan fingerprint density at radius 3 is 2.71 bits per heavy atom. The predicted molar refractivity (Wildman–Crippen MR) is 40.5 cm³/mol. The van der Waals surface area contributed by atoms with E-state index in [0.29, 0.717) is 10.8 Å². The Labute approximate surface area is 77.2 Å². The van der Waals surface area contributed by atoms with Gasteiger partial charge in [-0.2, -0.15) is 13.2 Å². The van der Waals surface area contributed by atoms with Crippen molar-refractivity contribution in [3.8, 4) is 0 Å². The first kappa shape index (κ1) is 9.29. The van der Waals surface area contributed by atoms with Gasteiger partial charge in [-0.1, -0.05) is 0 Å². The minimum Gasteiger partial charge on any atom is -0.264 e. The van der Waals surface area contributed by atoms with Crippen molar-refractivity contribution >= 4 is 5.69 Å². The highest BCUT2D eigenvalue weighted by atomic mass is 19.4. The van der Waals surface area contributed by atoms with Gasteiger partial charge in [0.2, 0.25) is 0 Å². The van der Waals surface area contributed by atoms with E-state index < -0.39 is 11.7 Å². The van der Waals surface area contributed by atoms with Crippen LogP contribution in [-0.4, -0.2) is 5.21 Å². The average Bonchev–Trinajstić information content (AvgIpc) is 2.46. The summed E-state index contributed by atoms with van der Waals surface area (Å²) in [7, 11) is 0. The first-order chi connectivity index (χ1) is 6.48. The molecule has 3 nitrogen and oxygen atoms in total. The third-order valence-electron chi connectivity index (χ3n) is 1.96. The molecule has 6 heteroatoms. The molecule has 0 saturated carbocycles. The first-order valence-electron chi connectivity index (χ1n) is 3.80. The smallest absolute Gasteiger partial charge is 0.264 e. The Balaban J connectivity index is 2.42. The lowest BCUT2D eigenvalue weighted by Gasteiger charge is -2.09. The number of fused-ring (bicyclic) bond motifs is 1. The Morgan fingerprint density at radius 1 is 1.36 bits per heavy atom. The van der Waals surface area contributed by atoms with E-state index in [9.17, 15) is 13.2 Å². The minimum atomic E-state index is -4.36.